The highest BCUT2D eigenvalue weighted by Crippen LogP contribution is 2.27. The molecular weight excluding hydrogens is 508 g/mol. The largest absolute Gasteiger partial charge is 0.490 e. The van der Waals surface area contributed by atoms with E-state index in [4.69, 9.17) is 10.5 Å². The maximum atomic E-state index is 14.9. The van der Waals surface area contributed by atoms with Gasteiger partial charge < -0.3 is 25.4 Å². The summed E-state index contributed by atoms with van der Waals surface area (Å²) in [4.78, 5) is 36.3. The van der Waals surface area contributed by atoms with E-state index in [9.17, 15) is 23.5 Å². The van der Waals surface area contributed by atoms with E-state index in [1.807, 2.05) is 13.8 Å². The number of halogens is 2. The number of primary amides is 1. The van der Waals surface area contributed by atoms with Gasteiger partial charge in [0.05, 0.1) is 30.7 Å². The average Bonchev–Trinajstić information content (AvgIpc) is 3.34. The molecule has 1 aromatic heterocycles. The highest BCUT2D eigenvalue weighted by molar-refractivity contribution is 5.98. The molecule has 2 saturated heterocycles. The van der Waals surface area contributed by atoms with Crippen molar-refractivity contribution in [3.05, 3.63) is 42.0 Å². The zero-order chi connectivity index (χ0) is 28.2. The summed E-state index contributed by atoms with van der Waals surface area (Å²) in [6, 6.07) is 3.01. The number of rotatable bonds is 10. The second-order valence-corrected chi connectivity index (χ2v) is 10.6. The smallest absolute Gasteiger partial charge is 0.257 e. The molecule has 3 heterocycles. The lowest BCUT2D eigenvalue weighted by Gasteiger charge is -2.36. The third-order valence-electron chi connectivity index (χ3n) is 7.92. The van der Waals surface area contributed by atoms with Gasteiger partial charge in [-0.3, -0.25) is 9.59 Å². The fourth-order valence-corrected chi connectivity index (χ4v) is 5.23. The molecule has 0 aliphatic carbocycles. The van der Waals surface area contributed by atoms with Crippen LogP contribution in [-0.2, 0) is 4.79 Å². The summed E-state index contributed by atoms with van der Waals surface area (Å²) < 4.78 is 35.5. The van der Waals surface area contributed by atoms with Gasteiger partial charge in [-0.15, -0.1) is 0 Å². The van der Waals surface area contributed by atoms with Crippen LogP contribution in [0.1, 0.15) is 56.3 Å². The van der Waals surface area contributed by atoms with E-state index >= 15 is 0 Å². The Kier molecular flexibility index (Phi) is 9.12. The zero-order valence-corrected chi connectivity index (χ0v) is 22.5. The number of piperidine rings is 1. The molecule has 2 amide bonds. The van der Waals surface area contributed by atoms with Crippen molar-refractivity contribution < 1.29 is 28.2 Å². The first kappa shape index (κ1) is 28.8. The van der Waals surface area contributed by atoms with Gasteiger partial charge in [-0.05, 0) is 56.8 Å². The van der Waals surface area contributed by atoms with Gasteiger partial charge in [0.15, 0.2) is 11.6 Å². The van der Waals surface area contributed by atoms with E-state index in [-0.39, 0.29) is 24.4 Å². The normalized spacial score (nSPS) is 20.8. The van der Waals surface area contributed by atoms with Gasteiger partial charge in [0.1, 0.15) is 17.5 Å². The molecule has 3 N–H and O–H groups in total. The van der Waals surface area contributed by atoms with Gasteiger partial charge >= 0.3 is 0 Å². The summed E-state index contributed by atoms with van der Waals surface area (Å²) in [5.41, 5.74) is 4.36. The van der Waals surface area contributed by atoms with Gasteiger partial charge in [-0.1, -0.05) is 19.9 Å². The molecule has 39 heavy (non-hydrogen) atoms. The van der Waals surface area contributed by atoms with Gasteiger partial charge in [0.2, 0.25) is 5.91 Å². The molecule has 212 valence electrons. The second-order valence-electron chi connectivity index (χ2n) is 10.6. The third kappa shape index (κ3) is 6.88. The van der Waals surface area contributed by atoms with Crippen molar-refractivity contribution >= 4 is 11.8 Å². The fourth-order valence-electron chi connectivity index (χ4n) is 5.23. The molecular formula is C28H37F2N5O4. The summed E-state index contributed by atoms with van der Waals surface area (Å²) in [7, 11) is 0. The van der Waals surface area contributed by atoms with Crippen LogP contribution >= 0.6 is 0 Å². The van der Waals surface area contributed by atoms with Gasteiger partial charge in [-0.2, -0.15) is 0 Å². The molecule has 0 saturated carbocycles. The Morgan fingerprint density at radius 3 is 2.44 bits per heavy atom. The maximum Gasteiger partial charge on any atom is 0.257 e. The second kappa shape index (κ2) is 12.3. The van der Waals surface area contributed by atoms with Crippen LogP contribution in [0.4, 0.5) is 8.78 Å². The van der Waals surface area contributed by atoms with Crippen molar-refractivity contribution in [2.45, 2.75) is 63.8 Å². The minimum atomic E-state index is -1.12. The van der Waals surface area contributed by atoms with Crippen LogP contribution in [0.25, 0.3) is 11.4 Å². The number of carbonyl (C=O) groups excluding carboxylic acids is 2. The number of carbonyl (C=O) groups is 2. The minimum Gasteiger partial charge on any atom is -0.490 e. The number of ether oxygens (including phenoxy) is 1. The van der Waals surface area contributed by atoms with E-state index in [2.05, 4.69) is 14.9 Å². The lowest BCUT2D eigenvalue weighted by molar-refractivity contribution is -0.121. The Bertz CT molecular complexity index is 1150. The number of aliphatic hydroxyl groups is 1. The Morgan fingerprint density at radius 1 is 1.18 bits per heavy atom. The number of alkyl halides is 1. The standard InChI is InChI=1S/C28H37F2N5O4/c1-3-28(30,4-2)17-34-9-7-18(8-10-34)16-39-21-13-32-26(33-14-21)19-5-6-22(23(29)11-19)27(38)35-15-20(36)12-24(35)25(31)37/h5-6,11,13-14,18,20,24,36H,3-4,7-10,12,15-17H2,1-2H3,(H2,31,37)/t20?,24-/m0/s1. The first-order valence-corrected chi connectivity index (χ1v) is 13.6. The first-order valence-electron chi connectivity index (χ1n) is 13.6. The zero-order valence-electron chi connectivity index (χ0n) is 22.5. The quantitative estimate of drug-likeness (QED) is 0.471. The van der Waals surface area contributed by atoms with Crippen molar-refractivity contribution in [1.29, 1.82) is 0 Å². The molecule has 0 spiro atoms. The third-order valence-corrected chi connectivity index (χ3v) is 7.92. The van der Waals surface area contributed by atoms with E-state index in [0.29, 0.717) is 43.2 Å². The molecule has 2 aliphatic heterocycles. The van der Waals surface area contributed by atoms with Crippen LogP contribution in [0.2, 0.25) is 0 Å². The maximum absolute atomic E-state index is 14.9. The summed E-state index contributed by atoms with van der Waals surface area (Å²) in [5.74, 6) is -1.12. The number of aromatic nitrogens is 2. The predicted molar refractivity (Wildman–Crippen MR) is 141 cm³/mol. The minimum absolute atomic E-state index is 0.0277. The summed E-state index contributed by atoms with van der Waals surface area (Å²) in [5, 5.41) is 9.84. The number of benzene rings is 1. The monoisotopic (exact) mass is 545 g/mol. The number of hydrogen-bond donors (Lipinski definition) is 2. The lowest BCUT2D eigenvalue weighted by atomic mass is 9.94. The number of aliphatic hydroxyl groups excluding tert-OH is 1. The van der Waals surface area contributed by atoms with E-state index in [0.717, 1.165) is 36.9 Å². The number of nitrogens with two attached hydrogens (primary N) is 1. The SMILES string of the molecule is CCC(F)(CC)CN1CCC(COc2cnc(-c3ccc(C(=O)N4CC(O)C[C@H]4C(N)=O)c(F)c3)nc2)CC1. The molecule has 0 radical (unpaired) electrons. The number of nitrogens with zero attached hydrogens (tertiary/aromatic N) is 4. The van der Waals surface area contributed by atoms with Crippen molar-refractivity contribution in [2.75, 3.05) is 32.8 Å². The van der Waals surface area contributed by atoms with Crippen LogP contribution in [0.15, 0.2) is 30.6 Å². The van der Waals surface area contributed by atoms with Crippen LogP contribution in [0, 0.1) is 11.7 Å². The number of amides is 2. The molecule has 2 fully saturated rings. The molecule has 9 nitrogen and oxygen atoms in total. The summed E-state index contributed by atoms with van der Waals surface area (Å²) in [6.07, 6.45) is 5.11. The van der Waals surface area contributed by atoms with Crippen LogP contribution in [0.5, 0.6) is 5.75 Å². The Hall–Kier alpha value is -3.18. The van der Waals surface area contributed by atoms with Crippen molar-refractivity contribution in [1.82, 2.24) is 19.8 Å². The molecule has 0 bridgehead atoms. The Morgan fingerprint density at radius 2 is 1.85 bits per heavy atom. The van der Waals surface area contributed by atoms with Crippen LogP contribution in [0.3, 0.4) is 0 Å². The number of likely N-dealkylation sites (tertiary alicyclic amines) is 2. The molecule has 1 unspecified atom stereocenters. The summed E-state index contributed by atoms with van der Waals surface area (Å²) in [6.45, 7) is 6.40. The number of hydrogen-bond acceptors (Lipinski definition) is 7. The Balaban J connectivity index is 1.31. The van der Waals surface area contributed by atoms with Gasteiger partial charge in [0.25, 0.3) is 5.91 Å². The van der Waals surface area contributed by atoms with Crippen molar-refractivity contribution in [3.63, 3.8) is 0 Å². The molecule has 4 rings (SSSR count). The fraction of sp³-hybridized carbons (Fsp3) is 0.571. The van der Waals surface area contributed by atoms with Crippen LogP contribution in [-0.4, -0.2) is 87.3 Å². The molecule has 1 aromatic carbocycles. The first-order chi connectivity index (χ1) is 18.6. The van der Waals surface area contributed by atoms with Crippen molar-refractivity contribution in [3.8, 4) is 17.1 Å². The van der Waals surface area contributed by atoms with E-state index in [1.54, 1.807) is 0 Å². The topological polar surface area (TPSA) is 122 Å². The van der Waals surface area contributed by atoms with Gasteiger partial charge in [-0.25, -0.2) is 18.7 Å². The van der Waals surface area contributed by atoms with Crippen LogP contribution < -0.4 is 10.5 Å². The predicted octanol–water partition coefficient (Wildman–Crippen LogP) is 2.96. The lowest BCUT2D eigenvalue weighted by Crippen LogP contribution is -2.44. The average molecular weight is 546 g/mol. The molecule has 2 atom stereocenters. The molecule has 11 heteroatoms. The highest BCUT2D eigenvalue weighted by atomic mass is 19.1. The van der Waals surface area contributed by atoms with Crippen molar-refractivity contribution in [2.24, 2.45) is 11.7 Å². The van der Waals surface area contributed by atoms with E-state index < -0.39 is 35.4 Å². The summed E-state index contributed by atoms with van der Waals surface area (Å²) >= 11 is 0. The number of β-amino-alcohol motifs (C(OH)–C–C–N with tert-alkyl or cyclic N) is 1. The van der Waals surface area contributed by atoms with Gasteiger partial charge in [0, 0.05) is 25.1 Å². The molecule has 2 aromatic rings. The van der Waals surface area contributed by atoms with E-state index in [1.165, 1.54) is 24.5 Å². The molecule has 2 aliphatic rings. The Labute approximate surface area is 227 Å². The highest BCUT2D eigenvalue weighted by Gasteiger charge is 2.39.